The van der Waals surface area contributed by atoms with Crippen LogP contribution in [0.1, 0.15) is 29.6 Å². The lowest BCUT2D eigenvalue weighted by Crippen LogP contribution is -2.44. The molecule has 0 radical (unpaired) electrons. The van der Waals surface area contributed by atoms with Gasteiger partial charge in [0.2, 0.25) is 0 Å². The largest absolute Gasteiger partial charge is 0.339 e. The van der Waals surface area contributed by atoms with Crippen molar-refractivity contribution < 1.29 is 4.79 Å². The number of aromatic nitrogens is 3. The smallest absolute Gasteiger partial charge is 0.254 e. The second-order valence-corrected chi connectivity index (χ2v) is 6.59. The number of hydrogen-bond donors (Lipinski definition) is 1. The molecule has 0 unspecified atom stereocenters. The molecule has 4 rings (SSSR count). The molecule has 120 valence electrons. The molecule has 2 fully saturated rings. The fourth-order valence-electron chi connectivity index (χ4n) is 3.68. The zero-order valence-corrected chi connectivity index (χ0v) is 13.1. The van der Waals surface area contributed by atoms with Gasteiger partial charge in [-0.05, 0) is 43.4 Å². The number of piperidine rings is 1. The maximum atomic E-state index is 12.8. The summed E-state index contributed by atoms with van der Waals surface area (Å²) < 4.78 is 1.81. The predicted molar refractivity (Wildman–Crippen MR) is 86.4 cm³/mol. The van der Waals surface area contributed by atoms with Crippen molar-refractivity contribution in [3.8, 4) is 5.82 Å². The third-order valence-corrected chi connectivity index (χ3v) is 5.20. The summed E-state index contributed by atoms with van der Waals surface area (Å²) in [6.45, 7) is 3.92. The quantitative estimate of drug-likeness (QED) is 0.912. The van der Waals surface area contributed by atoms with Gasteiger partial charge in [0.1, 0.15) is 12.1 Å². The van der Waals surface area contributed by atoms with E-state index in [9.17, 15) is 4.79 Å². The normalized spacial score (nSPS) is 20.1. The SMILES string of the molecule is O=C(c1ccnc(-n2ccnc2)c1)N1CCC2(CCNC2)CC1. The van der Waals surface area contributed by atoms with Gasteiger partial charge >= 0.3 is 0 Å². The second kappa shape index (κ2) is 5.77. The first-order chi connectivity index (χ1) is 11.3. The van der Waals surface area contributed by atoms with E-state index in [2.05, 4.69) is 15.3 Å². The van der Waals surface area contributed by atoms with Crippen LogP contribution in [0.25, 0.3) is 5.82 Å². The number of hydrogen-bond acceptors (Lipinski definition) is 4. The molecule has 6 nitrogen and oxygen atoms in total. The summed E-state index contributed by atoms with van der Waals surface area (Å²) in [7, 11) is 0. The molecule has 0 saturated carbocycles. The van der Waals surface area contributed by atoms with Gasteiger partial charge < -0.3 is 10.2 Å². The molecular weight excluding hydrogens is 290 g/mol. The Morgan fingerprint density at radius 1 is 1.22 bits per heavy atom. The van der Waals surface area contributed by atoms with Crippen LogP contribution >= 0.6 is 0 Å². The Morgan fingerprint density at radius 2 is 2.09 bits per heavy atom. The number of pyridine rings is 1. The molecule has 6 heteroatoms. The number of nitrogens with one attached hydrogen (secondary N) is 1. The third-order valence-electron chi connectivity index (χ3n) is 5.20. The molecule has 2 aromatic heterocycles. The Labute approximate surface area is 135 Å². The number of amides is 1. The van der Waals surface area contributed by atoms with Crippen LogP contribution in [0.5, 0.6) is 0 Å². The van der Waals surface area contributed by atoms with E-state index in [1.165, 1.54) is 6.42 Å². The van der Waals surface area contributed by atoms with Crippen LogP contribution in [0.2, 0.25) is 0 Å². The van der Waals surface area contributed by atoms with Crippen molar-refractivity contribution in [2.24, 2.45) is 5.41 Å². The van der Waals surface area contributed by atoms with Gasteiger partial charge in [0, 0.05) is 43.8 Å². The fraction of sp³-hybridized carbons (Fsp3) is 0.471. The van der Waals surface area contributed by atoms with Crippen molar-refractivity contribution in [2.45, 2.75) is 19.3 Å². The van der Waals surface area contributed by atoms with Crippen LogP contribution in [-0.2, 0) is 0 Å². The van der Waals surface area contributed by atoms with Crippen molar-refractivity contribution in [1.82, 2.24) is 24.8 Å². The molecule has 2 saturated heterocycles. The molecule has 1 N–H and O–H groups in total. The average molecular weight is 311 g/mol. The van der Waals surface area contributed by atoms with Crippen molar-refractivity contribution in [3.63, 3.8) is 0 Å². The molecule has 2 aromatic rings. The summed E-state index contributed by atoms with van der Waals surface area (Å²) >= 11 is 0. The van der Waals surface area contributed by atoms with Crippen molar-refractivity contribution in [1.29, 1.82) is 0 Å². The first kappa shape index (κ1) is 14.4. The first-order valence-corrected chi connectivity index (χ1v) is 8.20. The third kappa shape index (κ3) is 2.74. The van der Waals surface area contributed by atoms with Gasteiger partial charge in [-0.1, -0.05) is 0 Å². The molecule has 1 amide bonds. The molecule has 0 aromatic carbocycles. The Bertz CT molecular complexity index is 681. The monoisotopic (exact) mass is 311 g/mol. The van der Waals surface area contributed by atoms with Crippen LogP contribution in [0, 0.1) is 5.41 Å². The van der Waals surface area contributed by atoms with Gasteiger partial charge in [-0.2, -0.15) is 0 Å². The molecule has 0 bridgehead atoms. The van der Waals surface area contributed by atoms with Crippen LogP contribution in [0.15, 0.2) is 37.1 Å². The Balaban J connectivity index is 1.48. The number of carbonyl (C=O) groups excluding carboxylic acids is 1. The summed E-state index contributed by atoms with van der Waals surface area (Å²) in [5.41, 5.74) is 1.13. The Kier molecular flexibility index (Phi) is 3.61. The number of carbonyl (C=O) groups is 1. The number of nitrogens with zero attached hydrogens (tertiary/aromatic N) is 4. The number of rotatable bonds is 2. The summed E-state index contributed by atoms with van der Waals surface area (Å²) in [6, 6.07) is 3.63. The van der Waals surface area contributed by atoms with E-state index in [0.717, 1.165) is 44.8 Å². The molecular formula is C17H21N5O. The van der Waals surface area contributed by atoms with E-state index in [4.69, 9.17) is 0 Å². The fourth-order valence-corrected chi connectivity index (χ4v) is 3.68. The van der Waals surface area contributed by atoms with E-state index < -0.39 is 0 Å². The van der Waals surface area contributed by atoms with E-state index >= 15 is 0 Å². The van der Waals surface area contributed by atoms with Crippen LogP contribution in [0.3, 0.4) is 0 Å². The summed E-state index contributed by atoms with van der Waals surface area (Å²) in [4.78, 5) is 23.1. The Morgan fingerprint density at radius 3 is 2.78 bits per heavy atom. The minimum Gasteiger partial charge on any atom is -0.339 e. The molecule has 4 heterocycles. The molecule has 2 aliphatic rings. The zero-order chi connectivity index (χ0) is 15.7. The lowest BCUT2D eigenvalue weighted by molar-refractivity contribution is 0.0607. The highest BCUT2D eigenvalue weighted by molar-refractivity contribution is 5.94. The van der Waals surface area contributed by atoms with E-state index in [-0.39, 0.29) is 5.91 Å². The zero-order valence-electron chi connectivity index (χ0n) is 13.1. The lowest BCUT2D eigenvalue weighted by atomic mass is 9.78. The van der Waals surface area contributed by atoms with Gasteiger partial charge in [-0.3, -0.25) is 9.36 Å². The van der Waals surface area contributed by atoms with E-state index in [1.807, 2.05) is 21.7 Å². The average Bonchev–Trinajstić information content (AvgIpc) is 3.28. The highest BCUT2D eigenvalue weighted by atomic mass is 16.2. The van der Waals surface area contributed by atoms with E-state index in [0.29, 0.717) is 11.0 Å². The lowest BCUT2D eigenvalue weighted by Gasteiger charge is -2.38. The topological polar surface area (TPSA) is 63.1 Å². The second-order valence-electron chi connectivity index (χ2n) is 6.59. The standard InChI is InChI=1S/C17H21N5O/c23-16(21-8-3-17(4-9-21)2-6-18-12-17)14-1-5-20-15(11-14)22-10-7-19-13-22/h1,5,7,10-11,13,18H,2-4,6,8-9,12H2. The minimum absolute atomic E-state index is 0.106. The highest BCUT2D eigenvalue weighted by Crippen LogP contribution is 2.37. The van der Waals surface area contributed by atoms with E-state index in [1.54, 1.807) is 24.8 Å². The van der Waals surface area contributed by atoms with Crippen molar-refractivity contribution in [3.05, 3.63) is 42.6 Å². The van der Waals surface area contributed by atoms with Gasteiger partial charge in [0.15, 0.2) is 0 Å². The molecule has 2 aliphatic heterocycles. The van der Waals surface area contributed by atoms with Gasteiger partial charge in [-0.15, -0.1) is 0 Å². The summed E-state index contributed by atoms with van der Waals surface area (Å²) in [5, 5.41) is 3.46. The molecule has 0 atom stereocenters. The number of imidazole rings is 1. The van der Waals surface area contributed by atoms with Crippen LogP contribution in [-0.4, -0.2) is 51.5 Å². The maximum Gasteiger partial charge on any atom is 0.254 e. The van der Waals surface area contributed by atoms with Gasteiger partial charge in [-0.25, -0.2) is 9.97 Å². The first-order valence-electron chi connectivity index (χ1n) is 8.20. The van der Waals surface area contributed by atoms with Gasteiger partial charge in [0.25, 0.3) is 5.91 Å². The Hall–Kier alpha value is -2.21. The number of likely N-dealkylation sites (tertiary alicyclic amines) is 1. The highest BCUT2D eigenvalue weighted by Gasteiger charge is 2.38. The summed E-state index contributed by atoms with van der Waals surface area (Å²) in [5.74, 6) is 0.830. The van der Waals surface area contributed by atoms with Crippen LogP contribution in [0.4, 0.5) is 0 Å². The maximum absolute atomic E-state index is 12.8. The van der Waals surface area contributed by atoms with Gasteiger partial charge in [0.05, 0.1) is 0 Å². The molecule has 1 spiro atoms. The molecule has 0 aliphatic carbocycles. The van der Waals surface area contributed by atoms with Crippen molar-refractivity contribution in [2.75, 3.05) is 26.2 Å². The predicted octanol–water partition coefficient (Wildman–Crippen LogP) is 1.48. The molecule has 23 heavy (non-hydrogen) atoms. The van der Waals surface area contributed by atoms with Crippen molar-refractivity contribution >= 4 is 5.91 Å². The van der Waals surface area contributed by atoms with Crippen LogP contribution < -0.4 is 5.32 Å². The summed E-state index contributed by atoms with van der Waals surface area (Å²) in [6.07, 6.45) is 10.4. The minimum atomic E-state index is 0.106.